The molecule has 0 aromatic heterocycles. The third-order valence-electron chi connectivity index (χ3n) is 3.90. The number of nitrogens with one attached hydrogen (secondary N) is 1. The van der Waals surface area contributed by atoms with E-state index < -0.39 is 5.97 Å². The Kier molecular flexibility index (Phi) is 15.7. The van der Waals surface area contributed by atoms with Gasteiger partial charge in [0.2, 0.25) is 0 Å². The average molecular weight is 387 g/mol. The van der Waals surface area contributed by atoms with Crippen LogP contribution in [0, 0.1) is 30.1 Å². The maximum atomic E-state index is 13.6. The molecule has 2 atom stereocenters. The highest BCUT2D eigenvalue weighted by Crippen LogP contribution is 2.24. The number of hydrogen-bond acceptors (Lipinski definition) is 3. The van der Waals surface area contributed by atoms with Crippen LogP contribution in [0.3, 0.4) is 0 Å². The molecule has 2 N–H and O–H groups in total. The van der Waals surface area contributed by atoms with Crippen LogP contribution in [0.25, 0.3) is 0 Å². The topological polar surface area (TPSA) is 73.1 Å². The summed E-state index contributed by atoms with van der Waals surface area (Å²) in [6.45, 7) is 9.18. The van der Waals surface area contributed by atoms with E-state index in [1.54, 1.807) is 45.2 Å². The zero-order valence-corrected chi connectivity index (χ0v) is 17.4. The molecule has 5 heteroatoms. The van der Waals surface area contributed by atoms with Crippen molar-refractivity contribution >= 4 is 5.97 Å². The number of halogens is 1. The lowest BCUT2D eigenvalue weighted by Crippen LogP contribution is -2.20. The molecule has 0 bridgehead atoms. The molecule has 0 amide bonds. The van der Waals surface area contributed by atoms with Crippen LogP contribution in [0.2, 0.25) is 0 Å². The quantitative estimate of drug-likeness (QED) is 0.362. The fourth-order valence-electron chi connectivity index (χ4n) is 1.92. The molecule has 0 fully saturated rings. The lowest BCUT2D eigenvalue weighted by Gasteiger charge is -2.12. The number of aliphatic carboxylic acids is 1. The van der Waals surface area contributed by atoms with E-state index >= 15 is 0 Å². The Labute approximate surface area is 168 Å². The van der Waals surface area contributed by atoms with E-state index in [4.69, 9.17) is 10.4 Å². The number of nitriles is 1. The summed E-state index contributed by atoms with van der Waals surface area (Å²) in [7, 11) is 0. The third kappa shape index (κ3) is 12.3. The van der Waals surface area contributed by atoms with Crippen LogP contribution < -0.4 is 5.32 Å². The first kappa shape index (κ1) is 27.2. The van der Waals surface area contributed by atoms with Gasteiger partial charge in [-0.15, -0.1) is 12.8 Å². The van der Waals surface area contributed by atoms with E-state index in [1.165, 1.54) is 6.08 Å². The molecule has 0 aromatic carbocycles. The molecule has 0 aliphatic heterocycles. The highest BCUT2D eigenvalue weighted by Gasteiger charge is 2.09. The number of carboxylic acids is 1. The van der Waals surface area contributed by atoms with E-state index in [-0.39, 0.29) is 17.8 Å². The van der Waals surface area contributed by atoms with Gasteiger partial charge in [0.15, 0.2) is 0 Å². The smallest absolute Gasteiger partial charge is 0.331 e. The van der Waals surface area contributed by atoms with Gasteiger partial charge in [0, 0.05) is 23.3 Å². The molecule has 28 heavy (non-hydrogen) atoms. The van der Waals surface area contributed by atoms with Crippen molar-refractivity contribution in [2.45, 2.75) is 53.5 Å². The van der Waals surface area contributed by atoms with Crippen LogP contribution in [0.4, 0.5) is 4.39 Å². The minimum Gasteiger partial charge on any atom is -0.478 e. The maximum absolute atomic E-state index is 13.6. The van der Waals surface area contributed by atoms with Crippen LogP contribution in [0.5, 0.6) is 0 Å². The van der Waals surface area contributed by atoms with Gasteiger partial charge in [-0.3, -0.25) is 0 Å². The molecule has 0 saturated heterocycles. The van der Waals surface area contributed by atoms with Gasteiger partial charge in [-0.05, 0) is 57.9 Å². The summed E-state index contributed by atoms with van der Waals surface area (Å²) in [5.74, 6) is -0.713. The molecule has 152 valence electrons. The highest BCUT2D eigenvalue weighted by atomic mass is 19.1. The van der Waals surface area contributed by atoms with Crippen LogP contribution in [0.1, 0.15) is 47.5 Å². The number of allylic oxidation sites excluding steroid dienone is 7. The molecule has 4 nitrogen and oxygen atoms in total. The van der Waals surface area contributed by atoms with Crippen molar-refractivity contribution in [3.8, 4) is 18.9 Å². The van der Waals surface area contributed by atoms with Crippen LogP contribution in [-0.2, 0) is 4.79 Å². The van der Waals surface area contributed by atoms with Crippen molar-refractivity contribution in [3.63, 3.8) is 0 Å². The fourth-order valence-corrected chi connectivity index (χ4v) is 1.92. The Morgan fingerprint density at radius 1 is 1.46 bits per heavy atom. The third-order valence-corrected chi connectivity index (χ3v) is 3.90. The van der Waals surface area contributed by atoms with Gasteiger partial charge < -0.3 is 10.4 Å². The van der Waals surface area contributed by atoms with Crippen molar-refractivity contribution in [2.24, 2.45) is 5.92 Å². The monoisotopic (exact) mass is 386 g/mol. The number of hydrogen-bond donors (Lipinski definition) is 2. The summed E-state index contributed by atoms with van der Waals surface area (Å²) in [6.07, 6.45) is 20.0. The van der Waals surface area contributed by atoms with Crippen molar-refractivity contribution in [1.29, 1.82) is 5.26 Å². The summed E-state index contributed by atoms with van der Waals surface area (Å²) in [6, 6.07) is 2.07. The molecular formula is C23H31FN2O2. The summed E-state index contributed by atoms with van der Waals surface area (Å²) >= 11 is 0. The van der Waals surface area contributed by atoms with Gasteiger partial charge in [0.05, 0.1) is 6.07 Å². The van der Waals surface area contributed by atoms with Gasteiger partial charge in [-0.25, -0.2) is 9.18 Å². The first-order valence-corrected chi connectivity index (χ1v) is 9.00. The number of terminal acetylenes is 1. The Hall–Kier alpha value is -3.05. The Balaban J connectivity index is 0. The summed E-state index contributed by atoms with van der Waals surface area (Å²) < 4.78 is 13.6. The molecule has 0 aromatic rings. The zero-order chi connectivity index (χ0) is 22.1. The van der Waals surface area contributed by atoms with Gasteiger partial charge >= 0.3 is 5.97 Å². The van der Waals surface area contributed by atoms with Crippen molar-refractivity contribution in [3.05, 3.63) is 59.1 Å². The Morgan fingerprint density at radius 2 is 2.07 bits per heavy atom. The Morgan fingerprint density at radius 3 is 2.46 bits per heavy atom. The molecule has 0 heterocycles. The molecule has 2 unspecified atom stereocenters. The standard InChI is InChI=1S/C15H19FN2.C6H10O2.C2H2/c1-3-14(5-4-9-17)18-10-8-13-7-6-12(2)11-15(13)16;1-4(2)5(3)6(7)8;1-2/h4-5,7-8,10-12,14,18H,3,6H2,1-2H3;1-3H3,(H,7,8);1-2H/b5-4+,10-8+;;. The lowest BCUT2D eigenvalue weighted by atomic mass is 9.97. The van der Waals surface area contributed by atoms with Crippen molar-refractivity contribution < 1.29 is 14.3 Å². The SMILES string of the molecule is C#C.CC(C)=C(C)C(=O)O.CCC(/C=C/C#N)N/C=C/C1=CCC(C)C=C1F. The van der Waals surface area contributed by atoms with E-state index in [1.807, 2.05) is 26.0 Å². The fraction of sp³-hybridized carbons (Fsp3) is 0.391. The predicted molar refractivity (Wildman–Crippen MR) is 114 cm³/mol. The summed E-state index contributed by atoms with van der Waals surface area (Å²) in [4.78, 5) is 10.1. The van der Waals surface area contributed by atoms with Crippen molar-refractivity contribution in [1.82, 2.24) is 5.32 Å². The second-order valence-electron chi connectivity index (χ2n) is 6.32. The second kappa shape index (κ2) is 16.1. The normalized spacial score (nSPS) is 16.3. The molecule has 1 aliphatic rings. The van der Waals surface area contributed by atoms with E-state index in [9.17, 15) is 9.18 Å². The minimum atomic E-state index is -0.829. The minimum absolute atomic E-state index is 0.107. The van der Waals surface area contributed by atoms with E-state index in [2.05, 4.69) is 18.2 Å². The van der Waals surface area contributed by atoms with Gasteiger partial charge in [0.1, 0.15) is 5.83 Å². The largest absolute Gasteiger partial charge is 0.478 e. The van der Waals surface area contributed by atoms with Gasteiger partial charge in [-0.2, -0.15) is 5.26 Å². The summed E-state index contributed by atoms with van der Waals surface area (Å²) in [5, 5.41) is 19.9. The summed E-state index contributed by atoms with van der Waals surface area (Å²) in [5.41, 5.74) is 1.92. The molecule has 0 saturated carbocycles. The molecule has 0 spiro atoms. The number of carbonyl (C=O) groups is 1. The number of rotatable bonds is 6. The average Bonchev–Trinajstić information content (AvgIpc) is 2.67. The zero-order valence-electron chi connectivity index (χ0n) is 17.4. The highest BCUT2D eigenvalue weighted by molar-refractivity contribution is 5.86. The molecule has 1 rings (SSSR count). The molecule has 1 aliphatic carbocycles. The van der Waals surface area contributed by atoms with Gasteiger partial charge in [0.25, 0.3) is 0 Å². The molecular weight excluding hydrogens is 355 g/mol. The molecule has 0 radical (unpaired) electrons. The van der Waals surface area contributed by atoms with Gasteiger partial charge in [-0.1, -0.05) is 31.6 Å². The van der Waals surface area contributed by atoms with E-state index in [0.717, 1.165) is 18.4 Å². The number of nitrogens with zero attached hydrogens (tertiary/aromatic N) is 1. The lowest BCUT2D eigenvalue weighted by molar-refractivity contribution is -0.132. The maximum Gasteiger partial charge on any atom is 0.331 e. The van der Waals surface area contributed by atoms with Crippen LogP contribution in [0.15, 0.2) is 59.1 Å². The number of carboxylic acid groups (broad SMARTS) is 1. The van der Waals surface area contributed by atoms with Crippen LogP contribution in [-0.4, -0.2) is 17.1 Å². The Bertz CT molecular complexity index is 700. The van der Waals surface area contributed by atoms with Crippen molar-refractivity contribution in [2.75, 3.05) is 0 Å². The van der Waals surface area contributed by atoms with E-state index in [0.29, 0.717) is 11.1 Å². The first-order chi connectivity index (χ1) is 13.2. The first-order valence-electron chi connectivity index (χ1n) is 9.00. The predicted octanol–water partition coefficient (Wildman–Crippen LogP) is 5.44. The second-order valence-corrected chi connectivity index (χ2v) is 6.32. The van der Waals surface area contributed by atoms with Crippen LogP contribution >= 0.6 is 0 Å².